The molecule has 2 heterocycles. The second-order valence-corrected chi connectivity index (χ2v) is 5.96. The van der Waals surface area contributed by atoms with E-state index in [-0.39, 0.29) is 0 Å². The topological polar surface area (TPSA) is 24.5 Å². The van der Waals surface area contributed by atoms with Crippen LogP contribution in [0.3, 0.4) is 0 Å². The molecule has 1 saturated heterocycles. The van der Waals surface area contributed by atoms with Crippen LogP contribution in [0.15, 0.2) is 24.3 Å². The first kappa shape index (κ1) is 12.9. The molecule has 3 nitrogen and oxygen atoms in total. The Bertz CT molecular complexity index is 415. The molecule has 1 atom stereocenters. The molecule has 104 valence electrons. The van der Waals surface area contributed by atoms with E-state index in [1.165, 1.54) is 38.0 Å². The minimum Gasteiger partial charge on any atom is -0.493 e. The lowest BCUT2D eigenvalue weighted by molar-refractivity contribution is 0.216. The quantitative estimate of drug-likeness (QED) is 0.897. The van der Waals surface area contributed by atoms with Crippen LogP contribution >= 0.6 is 0 Å². The zero-order valence-corrected chi connectivity index (χ0v) is 11.8. The smallest absolute Gasteiger partial charge is 0.122 e. The van der Waals surface area contributed by atoms with Gasteiger partial charge in [0.25, 0.3) is 0 Å². The Balaban J connectivity index is 1.54. The van der Waals surface area contributed by atoms with E-state index in [2.05, 4.69) is 41.5 Å². The second kappa shape index (κ2) is 5.93. The SMILES string of the molecule is CN(CC1CCNCC1)CC1COc2ccccc21. The van der Waals surface area contributed by atoms with Crippen molar-refractivity contribution in [1.29, 1.82) is 0 Å². The molecule has 1 unspecified atom stereocenters. The molecule has 0 aromatic heterocycles. The van der Waals surface area contributed by atoms with Gasteiger partial charge in [0.1, 0.15) is 5.75 Å². The number of likely N-dealkylation sites (N-methyl/N-ethyl adjacent to an activating group) is 1. The van der Waals surface area contributed by atoms with E-state index >= 15 is 0 Å². The third-order valence-corrected chi connectivity index (χ3v) is 4.36. The largest absolute Gasteiger partial charge is 0.493 e. The molecule has 1 aromatic rings. The van der Waals surface area contributed by atoms with Crippen LogP contribution in [-0.2, 0) is 0 Å². The number of rotatable bonds is 4. The van der Waals surface area contributed by atoms with Crippen molar-refractivity contribution < 1.29 is 4.74 Å². The third-order valence-electron chi connectivity index (χ3n) is 4.36. The first-order chi connectivity index (χ1) is 9.33. The van der Waals surface area contributed by atoms with Gasteiger partial charge in [-0.2, -0.15) is 0 Å². The Morgan fingerprint density at radius 1 is 1.21 bits per heavy atom. The lowest BCUT2D eigenvalue weighted by Crippen LogP contribution is -2.36. The Kier molecular flexibility index (Phi) is 4.04. The number of ether oxygens (including phenoxy) is 1. The van der Waals surface area contributed by atoms with Crippen molar-refractivity contribution >= 4 is 0 Å². The molecule has 2 aliphatic heterocycles. The Hall–Kier alpha value is -1.06. The van der Waals surface area contributed by atoms with Crippen molar-refractivity contribution in [3.05, 3.63) is 29.8 Å². The molecule has 3 rings (SSSR count). The highest BCUT2D eigenvalue weighted by molar-refractivity contribution is 5.39. The molecule has 0 spiro atoms. The lowest BCUT2D eigenvalue weighted by atomic mass is 9.96. The third kappa shape index (κ3) is 3.10. The van der Waals surface area contributed by atoms with Gasteiger partial charge in [-0.05, 0) is 45.0 Å². The number of para-hydroxylation sites is 1. The summed E-state index contributed by atoms with van der Waals surface area (Å²) in [5.74, 6) is 2.49. The van der Waals surface area contributed by atoms with Crippen LogP contribution in [0.25, 0.3) is 0 Å². The van der Waals surface area contributed by atoms with Gasteiger partial charge < -0.3 is 15.0 Å². The molecule has 1 aromatic carbocycles. The summed E-state index contributed by atoms with van der Waals surface area (Å²) < 4.78 is 5.77. The summed E-state index contributed by atoms with van der Waals surface area (Å²) >= 11 is 0. The molecule has 19 heavy (non-hydrogen) atoms. The summed E-state index contributed by atoms with van der Waals surface area (Å²) in [5, 5.41) is 3.44. The number of hydrogen-bond acceptors (Lipinski definition) is 3. The van der Waals surface area contributed by atoms with E-state index in [1.807, 2.05) is 0 Å². The summed E-state index contributed by atoms with van der Waals surface area (Å²) in [6.45, 7) is 5.55. The molecule has 0 saturated carbocycles. The fourth-order valence-corrected chi connectivity index (χ4v) is 3.34. The zero-order valence-electron chi connectivity index (χ0n) is 11.8. The van der Waals surface area contributed by atoms with Crippen LogP contribution in [0.4, 0.5) is 0 Å². The normalized spacial score (nSPS) is 23.4. The van der Waals surface area contributed by atoms with Gasteiger partial charge in [-0.1, -0.05) is 18.2 Å². The maximum absolute atomic E-state index is 5.77. The van der Waals surface area contributed by atoms with Gasteiger partial charge in [0.2, 0.25) is 0 Å². The predicted molar refractivity (Wildman–Crippen MR) is 77.8 cm³/mol. The van der Waals surface area contributed by atoms with Crippen molar-refractivity contribution in [2.45, 2.75) is 18.8 Å². The first-order valence-corrected chi connectivity index (χ1v) is 7.44. The average molecular weight is 260 g/mol. The van der Waals surface area contributed by atoms with E-state index in [4.69, 9.17) is 4.74 Å². The van der Waals surface area contributed by atoms with Crippen LogP contribution in [0.5, 0.6) is 5.75 Å². The molecule has 1 N–H and O–H groups in total. The first-order valence-electron chi connectivity index (χ1n) is 7.44. The summed E-state index contributed by atoms with van der Waals surface area (Å²) in [7, 11) is 2.25. The summed E-state index contributed by atoms with van der Waals surface area (Å²) in [4.78, 5) is 2.49. The minimum atomic E-state index is 0.544. The molecule has 3 heteroatoms. The number of benzene rings is 1. The molecule has 0 amide bonds. The minimum absolute atomic E-state index is 0.544. The van der Waals surface area contributed by atoms with Crippen molar-refractivity contribution in [2.75, 3.05) is 39.8 Å². The van der Waals surface area contributed by atoms with Gasteiger partial charge in [0, 0.05) is 24.6 Å². The number of fused-ring (bicyclic) bond motifs is 1. The fourth-order valence-electron chi connectivity index (χ4n) is 3.34. The molecule has 1 fully saturated rings. The van der Waals surface area contributed by atoms with E-state index in [9.17, 15) is 0 Å². The average Bonchev–Trinajstić information content (AvgIpc) is 2.83. The van der Waals surface area contributed by atoms with Crippen LogP contribution in [0, 0.1) is 5.92 Å². The molecular formula is C16H24N2O. The number of hydrogen-bond donors (Lipinski definition) is 1. The van der Waals surface area contributed by atoms with Gasteiger partial charge in [-0.15, -0.1) is 0 Å². The van der Waals surface area contributed by atoms with Crippen molar-refractivity contribution in [3.8, 4) is 5.75 Å². The number of nitrogens with zero attached hydrogens (tertiary/aromatic N) is 1. The van der Waals surface area contributed by atoms with Gasteiger partial charge in [-0.25, -0.2) is 0 Å². The van der Waals surface area contributed by atoms with Gasteiger partial charge in [0.15, 0.2) is 0 Å². The fraction of sp³-hybridized carbons (Fsp3) is 0.625. The van der Waals surface area contributed by atoms with Crippen molar-refractivity contribution in [2.24, 2.45) is 5.92 Å². The Labute approximate surface area is 115 Å². The molecule has 0 aliphatic carbocycles. The summed E-state index contributed by atoms with van der Waals surface area (Å²) in [6, 6.07) is 8.47. The van der Waals surface area contributed by atoms with Crippen LogP contribution in [-0.4, -0.2) is 44.7 Å². The number of nitrogens with one attached hydrogen (secondary N) is 1. The van der Waals surface area contributed by atoms with E-state index in [0.29, 0.717) is 5.92 Å². The standard InChI is InChI=1S/C16H24N2O/c1-18(10-13-6-8-17-9-7-13)11-14-12-19-16-5-3-2-4-15(14)16/h2-5,13-14,17H,6-12H2,1H3. The van der Waals surface area contributed by atoms with Crippen LogP contribution < -0.4 is 10.1 Å². The van der Waals surface area contributed by atoms with Crippen LogP contribution in [0.1, 0.15) is 24.3 Å². The second-order valence-electron chi connectivity index (χ2n) is 5.96. The lowest BCUT2D eigenvalue weighted by Gasteiger charge is -2.28. The maximum Gasteiger partial charge on any atom is 0.122 e. The molecule has 0 radical (unpaired) electrons. The highest BCUT2D eigenvalue weighted by atomic mass is 16.5. The van der Waals surface area contributed by atoms with Crippen LogP contribution in [0.2, 0.25) is 0 Å². The highest BCUT2D eigenvalue weighted by Gasteiger charge is 2.25. The monoisotopic (exact) mass is 260 g/mol. The molecule has 0 bridgehead atoms. The van der Waals surface area contributed by atoms with Crippen molar-refractivity contribution in [3.63, 3.8) is 0 Å². The Morgan fingerprint density at radius 2 is 2.00 bits per heavy atom. The van der Waals surface area contributed by atoms with E-state index in [1.54, 1.807) is 0 Å². The van der Waals surface area contributed by atoms with Gasteiger partial charge in [-0.3, -0.25) is 0 Å². The highest BCUT2D eigenvalue weighted by Crippen LogP contribution is 2.33. The zero-order chi connectivity index (χ0) is 13.1. The van der Waals surface area contributed by atoms with Crippen molar-refractivity contribution in [1.82, 2.24) is 10.2 Å². The van der Waals surface area contributed by atoms with E-state index < -0.39 is 0 Å². The molecule has 2 aliphatic rings. The summed E-state index contributed by atoms with van der Waals surface area (Å²) in [6.07, 6.45) is 2.64. The van der Waals surface area contributed by atoms with Gasteiger partial charge >= 0.3 is 0 Å². The number of piperidine rings is 1. The maximum atomic E-state index is 5.77. The Morgan fingerprint density at radius 3 is 2.84 bits per heavy atom. The predicted octanol–water partition coefficient (Wildman–Crippen LogP) is 2.09. The van der Waals surface area contributed by atoms with E-state index in [0.717, 1.165) is 24.8 Å². The molecular weight excluding hydrogens is 236 g/mol. The summed E-state index contributed by atoms with van der Waals surface area (Å²) in [5.41, 5.74) is 1.39. The van der Waals surface area contributed by atoms with Gasteiger partial charge in [0.05, 0.1) is 6.61 Å².